The Morgan fingerprint density at radius 1 is 1.00 bits per heavy atom. The third-order valence-corrected chi connectivity index (χ3v) is 7.81. The van der Waals surface area contributed by atoms with Crippen molar-refractivity contribution in [3.05, 3.63) is 101 Å². The van der Waals surface area contributed by atoms with Gasteiger partial charge in [-0.25, -0.2) is 0 Å². The molecule has 0 N–H and O–H groups in total. The number of Topliss-reactive ketones (excluding diaryl/α,β-unsaturated/α-hetero) is 1. The summed E-state index contributed by atoms with van der Waals surface area (Å²) in [6.45, 7) is 0. The molecule has 3 aromatic rings. The Morgan fingerprint density at radius 2 is 1.69 bits per heavy atom. The Hall–Kier alpha value is -4.00. The maximum atomic E-state index is 14.1. The van der Waals surface area contributed by atoms with E-state index in [4.69, 9.17) is 4.74 Å². The minimum absolute atomic E-state index is 0.131. The summed E-state index contributed by atoms with van der Waals surface area (Å²) in [5, 5.41) is 21.2. The number of methoxy groups -OCH3 is 1. The molecule has 0 unspecified atom stereocenters. The first kappa shape index (κ1) is 22.8. The first-order valence-corrected chi connectivity index (χ1v) is 12.5. The van der Waals surface area contributed by atoms with Gasteiger partial charge in [0.1, 0.15) is 11.8 Å². The van der Waals surface area contributed by atoms with Gasteiger partial charge in [0.05, 0.1) is 25.3 Å². The van der Waals surface area contributed by atoms with Gasteiger partial charge in [-0.05, 0) is 65.4 Å². The van der Waals surface area contributed by atoms with Crippen molar-refractivity contribution in [1.29, 1.82) is 10.5 Å². The lowest BCUT2D eigenvalue weighted by atomic mass is 9.67. The Kier molecular flexibility index (Phi) is 5.84. The predicted octanol–water partition coefficient (Wildman–Crippen LogP) is 5.83. The lowest BCUT2D eigenvalue weighted by Crippen LogP contribution is -2.37. The number of fused-ring (bicyclic) bond motifs is 3. The smallest absolute Gasteiger partial charge is 0.185 e. The number of benzene rings is 3. The molecule has 0 radical (unpaired) electrons. The Labute approximate surface area is 209 Å². The molecule has 5 rings (SSSR count). The van der Waals surface area contributed by atoms with E-state index < -0.39 is 23.4 Å². The Morgan fingerprint density at radius 3 is 2.31 bits per heavy atom. The van der Waals surface area contributed by atoms with Crippen LogP contribution in [0.2, 0.25) is 0 Å². The van der Waals surface area contributed by atoms with Crippen LogP contribution in [0.1, 0.15) is 39.0 Å². The molecule has 2 aliphatic heterocycles. The molecule has 2 aliphatic rings. The summed E-state index contributed by atoms with van der Waals surface area (Å²) in [5.41, 5.74) is 1.69. The summed E-state index contributed by atoms with van der Waals surface area (Å²) in [5.74, 6) is -0.123. The normalized spacial score (nSPS) is 21.4. The van der Waals surface area contributed by atoms with E-state index in [1.54, 1.807) is 43.1 Å². The fourth-order valence-corrected chi connectivity index (χ4v) is 5.81. The Bertz CT molecular complexity index is 1370. The largest absolute Gasteiger partial charge is 0.497 e. The molecule has 35 heavy (non-hydrogen) atoms. The molecule has 0 saturated carbocycles. The zero-order chi connectivity index (χ0) is 24.6. The van der Waals surface area contributed by atoms with Crippen molar-refractivity contribution < 1.29 is 9.53 Å². The average molecular weight is 478 g/mol. The van der Waals surface area contributed by atoms with Crippen molar-refractivity contribution in [2.75, 3.05) is 13.4 Å². The van der Waals surface area contributed by atoms with Crippen LogP contribution in [0.3, 0.4) is 0 Å². The van der Waals surface area contributed by atoms with Gasteiger partial charge in [0.2, 0.25) is 0 Å². The van der Waals surface area contributed by atoms with Gasteiger partial charge in [-0.1, -0.05) is 36.4 Å². The number of thioether (sulfide) groups is 1. The molecular weight excluding hydrogens is 454 g/mol. The van der Waals surface area contributed by atoms with Crippen LogP contribution in [0.25, 0.3) is 6.08 Å². The summed E-state index contributed by atoms with van der Waals surface area (Å²) in [4.78, 5) is 17.1. The van der Waals surface area contributed by atoms with Gasteiger partial charge in [-0.15, -0.1) is 11.8 Å². The average Bonchev–Trinajstić information content (AvgIpc) is 3.23. The van der Waals surface area contributed by atoms with Crippen molar-refractivity contribution in [3.63, 3.8) is 0 Å². The summed E-state index contributed by atoms with van der Waals surface area (Å²) >= 11 is 1.62. The summed E-state index contributed by atoms with van der Waals surface area (Å²) in [7, 11) is 1.58. The van der Waals surface area contributed by atoms with Crippen LogP contribution >= 0.6 is 11.8 Å². The highest BCUT2D eigenvalue weighted by atomic mass is 32.2. The highest BCUT2D eigenvalue weighted by Gasteiger charge is 2.63. The molecule has 172 valence electrons. The number of nitriles is 2. The maximum absolute atomic E-state index is 14.1. The number of ether oxygens (including phenoxy) is 1. The third-order valence-electron chi connectivity index (χ3n) is 7.06. The molecular formula is C29H23N3O2S. The van der Waals surface area contributed by atoms with E-state index in [0.29, 0.717) is 11.3 Å². The van der Waals surface area contributed by atoms with Crippen molar-refractivity contribution in [1.82, 2.24) is 4.90 Å². The molecule has 1 saturated heterocycles. The standard InChI is InChI=1S/C29H23N3O2S/c1-34-22-11-7-21(8-12-22)27(33)26-25(20-9-13-23(35-2)14-10-20)29(17-30,18-31)28-24-6-4-3-5-19(24)15-16-32(26)28/h3-16,25-26,28H,1-2H3/t25-,26-,28+/m0/s1. The summed E-state index contributed by atoms with van der Waals surface area (Å²) in [6, 6.07) is 26.1. The molecule has 0 aromatic heterocycles. The first-order valence-electron chi connectivity index (χ1n) is 11.3. The fourth-order valence-electron chi connectivity index (χ4n) is 5.41. The predicted molar refractivity (Wildman–Crippen MR) is 136 cm³/mol. The highest BCUT2D eigenvalue weighted by molar-refractivity contribution is 7.98. The van der Waals surface area contributed by atoms with E-state index in [9.17, 15) is 15.3 Å². The lowest BCUT2D eigenvalue weighted by molar-refractivity contribution is 0.0874. The van der Waals surface area contributed by atoms with Crippen molar-refractivity contribution >= 4 is 23.6 Å². The molecule has 6 heteroatoms. The molecule has 0 spiro atoms. The number of ketones is 1. The van der Waals surface area contributed by atoms with Gasteiger partial charge < -0.3 is 9.64 Å². The molecule has 0 bridgehead atoms. The van der Waals surface area contributed by atoms with Crippen LogP contribution in [-0.2, 0) is 0 Å². The third kappa shape index (κ3) is 3.50. The van der Waals surface area contributed by atoms with E-state index in [-0.39, 0.29) is 5.78 Å². The number of rotatable bonds is 5. The SMILES string of the molecule is COc1ccc(C(=O)[C@@H]2[C@H](c3ccc(SC)cc3)C(C#N)(C#N)[C@H]3c4ccccc4C=CN23)cc1. The second-order valence-electron chi connectivity index (χ2n) is 8.68. The van der Waals surface area contributed by atoms with Gasteiger partial charge in [-0.3, -0.25) is 4.79 Å². The molecule has 0 amide bonds. The number of carbonyl (C=O) groups is 1. The van der Waals surface area contributed by atoms with Crippen LogP contribution in [0, 0.1) is 28.1 Å². The van der Waals surface area contributed by atoms with Crippen LogP contribution in [0.5, 0.6) is 5.75 Å². The molecule has 3 aromatic carbocycles. The second kappa shape index (κ2) is 8.98. The minimum atomic E-state index is -1.46. The molecule has 1 fully saturated rings. The molecule has 2 heterocycles. The van der Waals surface area contributed by atoms with Crippen molar-refractivity contribution in [2.45, 2.75) is 22.9 Å². The fraction of sp³-hybridized carbons (Fsp3) is 0.207. The summed E-state index contributed by atoms with van der Waals surface area (Å²) in [6.07, 6.45) is 5.83. The van der Waals surface area contributed by atoms with Gasteiger partial charge >= 0.3 is 0 Å². The lowest BCUT2D eigenvalue weighted by Gasteiger charge is -2.34. The van der Waals surface area contributed by atoms with E-state index in [1.165, 1.54) is 0 Å². The zero-order valence-corrected chi connectivity index (χ0v) is 20.2. The van der Waals surface area contributed by atoms with E-state index in [0.717, 1.165) is 21.6 Å². The molecule has 5 nitrogen and oxygen atoms in total. The number of carbonyl (C=O) groups excluding carboxylic acids is 1. The maximum Gasteiger partial charge on any atom is 0.185 e. The van der Waals surface area contributed by atoms with Gasteiger partial charge in [-0.2, -0.15) is 10.5 Å². The quantitative estimate of drug-likeness (QED) is 0.340. The van der Waals surface area contributed by atoms with Crippen molar-refractivity contribution in [3.8, 4) is 17.9 Å². The molecule has 3 atom stereocenters. The number of hydrogen-bond donors (Lipinski definition) is 0. The van der Waals surface area contributed by atoms with Crippen LogP contribution in [0.15, 0.2) is 83.9 Å². The van der Waals surface area contributed by atoms with Crippen molar-refractivity contribution in [2.24, 2.45) is 5.41 Å². The zero-order valence-electron chi connectivity index (χ0n) is 19.4. The van der Waals surface area contributed by atoms with Gasteiger partial charge in [0.25, 0.3) is 0 Å². The molecule has 0 aliphatic carbocycles. The van der Waals surface area contributed by atoms with E-state index in [1.807, 2.05) is 72.0 Å². The van der Waals surface area contributed by atoms with Crippen LogP contribution in [0.4, 0.5) is 0 Å². The minimum Gasteiger partial charge on any atom is -0.497 e. The summed E-state index contributed by atoms with van der Waals surface area (Å²) < 4.78 is 5.26. The monoisotopic (exact) mass is 477 g/mol. The van der Waals surface area contributed by atoms with E-state index >= 15 is 0 Å². The van der Waals surface area contributed by atoms with E-state index in [2.05, 4.69) is 12.1 Å². The topological polar surface area (TPSA) is 77.1 Å². The van der Waals surface area contributed by atoms with Gasteiger partial charge in [0, 0.05) is 22.6 Å². The van der Waals surface area contributed by atoms with Crippen LogP contribution < -0.4 is 4.74 Å². The number of hydrogen-bond acceptors (Lipinski definition) is 6. The second-order valence-corrected chi connectivity index (χ2v) is 9.56. The number of nitrogens with zero attached hydrogens (tertiary/aromatic N) is 3. The van der Waals surface area contributed by atoms with Gasteiger partial charge in [0.15, 0.2) is 11.2 Å². The first-order chi connectivity index (χ1) is 17.1. The van der Waals surface area contributed by atoms with Crippen LogP contribution in [-0.4, -0.2) is 30.1 Å². The highest BCUT2D eigenvalue weighted by Crippen LogP contribution is 2.60. The Balaban J connectivity index is 1.73.